The van der Waals surface area contributed by atoms with Crippen molar-refractivity contribution in [1.29, 1.82) is 0 Å². The first-order valence-electron chi connectivity index (χ1n) is 5.61. The van der Waals surface area contributed by atoms with Crippen LogP contribution >= 0.6 is 0 Å². The van der Waals surface area contributed by atoms with Gasteiger partial charge in [0.1, 0.15) is 6.04 Å². The fourth-order valence-electron chi connectivity index (χ4n) is 1.55. The summed E-state index contributed by atoms with van der Waals surface area (Å²) >= 11 is 0. The SMILES string of the molecule is CC[C@H](C)[C@H](NC(=O)c1ccn(C)c1)C(=O)O. The number of aliphatic carboxylic acids is 1. The third kappa shape index (κ3) is 3.34. The standard InChI is InChI=1S/C12H18N2O3/c1-4-8(2)10(12(16)17)13-11(15)9-5-6-14(3)7-9/h5-8,10H,4H2,1-3H3,(H,13,15)(H,16,17)/t8-,10-/m0/s1. The molecule has 17 heavy (non-hydrogen) atoms. The molecule has 0 aliphatic rings. The Bertz CT molecular complexity index is 412. The molecule has 1 aromatic rings. The molecule has 94 valence electrons. The van der Waals surface area contributed by atoms with E-state index in [9.17, 15) is 9.59 Å². The van der Waals surface area contributed by atoms with Crippen molar-refractivity contribution in [1.82, 2.24) is 9.88 Å². The molecule has 0 spiro atoms. The molecule has 0 fully saturated rings. The molecule has 2 atom stereocenters. The van der Waals surface area contributed by atoms with E-state index in [4.69, 9.17) is 5.11 Å². The summed E-state index contributed by atoms with van der Waals surface area (Å²) in [6.07, 6.45) is 4.10. The van der Waals surface area contributed by atoms with E-state index in [1.165, 1.54) is 0 Å². The van der Waals surface area contributed by atoms with Crippen LogP contribution in [-0.2, 0) is 11.8 Å². The van der Waals surface area contributed by atoms with Gasteiger partial charge in [-0.05, 0) is 12.0 Å². The number of amides is 1. The van der Waals surface area contributed by atoms with Gasteiger partial charge >= 0.3 is 5.97 Å². The van der Waals surface area contributed by atoms with Crippen molar-refractivity contribution in [3.8, 4) is 0 Å². The quantitative estimate of drug-likeness (QED) is 0.811. The number of carboxylic acids is 1. The molecule has 1 aromatic heterocycles. The Morgan fingerprint density at radius 1 is 1.53 bits per heavy atom. The molecular weight excluding hydrogens is 220 g/mol. The minimum atomic E-state index is -0.997. The highest BCUT2D eigenvalue weighted by Gasteiger charge is 2.25. The molecule has 0 aromatic carbocycles. The molecule has 1 amide bonds. The van der Waals surface area contributed by atoms with Crippen molar-refractivity contribution in [2.75, 3.05) is 0 Å². The first kappa shape index (κ1) is 13.3. The monoisotopic (exact) mass is 238 g/mol. The number of hydrogen-bond acceptors (Lipinski definition) is 2. The predicted molar refractivity (Wildman–Crippen MR) is 63.8 cm³/mol. The predicted octanol–water partition coefficient (Wildman–Crippen LogP) is 1.25. The van der Waals surface area contributed by atoms with Gasteiger partial charge in [-0.15, -0.1) is 0 Å². The Hall–Kier alpha value is -1.78. The van der Waals surface area contributed by atoms with Gasteiger partial charge in [-0.2, -0.15) is 0 Å². The lowest BCUT2D eigenvalue weighted by Gasteiger charge is -2.19. The number of carboxylic acid groups (broad SMARTS) is 1. The van der Waals surface area contributed by atoms with E-state index in [1.807, 2.05) is 13.8 Å². The van der Waals surface area contributed by atoms with E-state index in [1.54, 1.807) is 30.1 Å². The Morgan fingerprint density at radius 3 is 2.59 bits per heavy atom. The summed E-state index contributed by atoms with van der Waals surface area (Å²) in [4.78, 5) is 22.9. The van der Waals surface area contributed by atoms with Gasteiger partial charge in [-0.3, -0.25) is 4.79 Å². The van der Waals surface area contributed by atoms with Crippen LogP contribution in [0.15, 0.2) is 18.5 Å². The smallest absolute Gasteiger partial charge is 0.326 e. The average Bonchev–Trinajstić information content (AvgIpc) is 2.71. The second-order valence-corrected chi connectivity index (χ2v) is 4.24. The molecule has 0 bridgehead atoms. The van der Waals surface area contributed by atoms with Gasteiger partial charge in [0.2, 0.25) is 0 Å². The van der Waals surface area contributed by atoms with Crippen molar-refractivity contribution < 1.29 is 14.7 Å². The van der Waals surface area contributed by atoms with Crippen LogP contribution in [0.1, 0.15) is 30.6 Å². The summed E-state index contributed by atoms with van der Waals surface area (Å²) in [5.41, 5.74) is 0.474. The normalized spacial score (nSPS) is 14.1. The molecule has 5 nitrogen and oxygen atoms in total. The van der Waals surface area contributed by atoms with E-state index < -0.39 is 12.0 Å². The van der Waals surface area contributed by atoms with E-state index in [-0.39, 0.29) is 11.8 Å². The molecule has 1 rings (SSSR count). The number of nitrogens with zero attached hydrogens (tertiary/aromatic N) is 1. The van der Waals surface area contributed by atoms with Gasteiger partial charge in [0.05, 0.1) is 5.56 Å². The molecule has 0 saturated heterocycles. The maximum atomic E-state index is 11.8. The van der Waals surface area contributed by atoms with Crippen molar-refractivity contribution in [3.05, 3.63) is 24.0 Å². The van der Waals surface area contributed by atoms with Crippen molar-refractivity contribution in [3.63, 3.8) is 0 Å². The first-order chi connectivity index (χ1) is 7.95. The molecule has 0 radical (unpaired) electrons. The van der Waals surface area contributed by atoms with Crippen LogP contribution in [-0.4, -0.2) is 27.6 Å². The largest absolute Gasteiger partial charge is 0.480 e. The van der Waals surface area contributed by atoms with Gasteiger partial charge in [0, 0.05) is 19.4 Å². The summed E-state index contributed by atoms with van der Waals surface area (Å²) in [5.74, 6) is -1.44. The summed E-state index contributed by atoms with van der Waals surface area (Å²) in [5, 5.41) is 11.6. The van der Waals surface area contributed by atoms with Gasteiger partial charge in [0.15, 0.2) is 0 Å². The van der Waals surface area contributed by atoms with Gasteiger partial charge in [-0.1, -0.05) is 20.3 Å². The molecule has 1 heterocycles. The Morgan fingerprint density at radius 2 is 2.18 bits per heavy atom. The molecule has 0 unspecified atom stereocenters. The first-order valence-corrected chi connectivity index (χ1v) is 5.61. The molecule has 0 aliphatic carbocycles. The zero-order valence-corrected chi connectivity index (χ0v) is 10.3. The average molecular weight is 238 g/mol. The minimum Gasteiger partial charge on any atom is -0.480 e. The van der Waals surface area contributed by atoms with E-state index >= 15 is 0 Å². The summed E-state index contributed by atoms with van der Waals surface area (Å²) in [6.45, 7) is 3.71. The maximum absolute atomic E-state index is 11.8. The van der Waals surface area contributed by atoms with E-state index in [2.05, 4.69) is 5.32 Å². The zero-order chi connectivity index (χ0) is 13.0. The third-order valence-electron chi connectivity index (χ3n) is 2.86. The summed E-state index contributed by atoms with van der Waals surface area (Å²) in [7, 11) is 1.81. The van der Waals surface area contributed by atoms with Crippen LogP contribution in [0.2, 0.25) is 0 Å². The lowest BCUT2D eigenvalue weighted by molar-refractivity contribution is -0.140. The highest BCUT2D eigenvalue weighted by molar-refractivity contribution is 5.96. The molecule has 5 heteroatoms. The van der Waals surface area contributed by atoms with Crippen molar-refractivity contribution in [2.45, 2.75) is 26.3 Å². The highest BCUT2D eigenvalue weighted by atomic mass is 16.4. The Balaban J connectivity index is 2.74. The van der Waals surface area contributed by atoms with Gasteiger partial charge in [-0.25, -0.2) is 4.79 Å². The Kier molecular flexibility index (Phi) is 4.31. The Labute approximate surface area is 100 Å². The third-order valence-corrected chi connectivity index (χ3v) is 2.86. The summed E-state index contributed by atoms with van der Waals surface area (Å²) < 4.78 is 1.74. The van der Waals surface area contributed by atoms with Crippen molar-refractivity contribution >= 4 is 11.9 Å². The number of rotatable bonds is 5. The van der Waals surface area contributed by atoms with Crippen LogP contribution in [0.5, 0.6) is 0 Å². The number of carbonyl (C=O) groups is 2. The van der Waals surface area contributed by atoms with Crippen LogP contribution < -0.4 is 5.32 Å². The van der Waals surface area contributed by atoms with Crippen LogP contribution in [0.4, 0.5) is 0 Å². The molecule has 2 N–H and O–H groups in total. The second-order valence-electron chi connectivity index (χ2n) is 4.24. The number of carbonyl (C=O) groups excluding carboxylic acids is 1. The topological polar surface area (TPSA) is 71.3 Å². The van der Waals surface area contributed by atoms with Crippen molar-refractivity contribution in [2.24, 2.45) is 13.0 Å². The lowest BCUT2D eigenvalue weighted by Crippen LogP contribution is -2.44. The van der Waals surface area contributed by atoms with E-state index in [0.29, 0.717) is 12.0 Å². The van der Waals surface area contributed by atoms with Crippen LogP contribution in [0.25, 0.3) is 0 Å². The zero-order valence-electron chi connectivity index (χ0n) is 10.3. The number of aromatic nitrogens is 1. The van der Waals surface area contributed by atoms with Crippen LogP contribution in [0.3, 0.4) is 0 Å². The second kappa shape index (κ2) is 5.52. The number of nitrogens with one attached hydrogen (secondary N) is 1. The highest BCUT2D eigenvalue weighted by Crippen LogP contribution is 2.09. The lowest BCUT2D eigenvalue weighted by atomic mass is 9.99. The summed E-state index contributed by atoms with van der Waals surface area (Å²) in [6, 6.07) is 0.818. The van der Waals surface area contributed by atoms with Gasteiger partial charge in [0.25, 0.3) is 5.91 Å². The minimum absolute atomic E-state index is 0.0971. The molecule has 0 aliphatic heterocycles. The van der Waals surface area contributed by atoms with Gasteiger partial charge < -0.3 is 15.0 Å². The molecule has 0 saturated carbocycles. The van der Waals surface area contributed by atoms with E-state index in [0.717, 1.165) is 0 Å². The maximum Gasteiger partial charge on any atom is 0.326 e. The number of aryl methyl sites for hydroxylation is 1. The fraction of sp³-hybridized carbons (Fsp3) is 0.500. The molecular formula is C12H18N2O3. The van der Waals surface area contributed by atoms with Crippen LogP contribution in [0, 0.1) is 5.92 Å². The number of hydrogen-bond donors (Lipinski definition) is 2. The fourth-order valence-corrected chi connectivity index (χ4v) is 1.55.